The lowest BCUT2D eigenvalue weighted by Gasteiger charge is -2.33. The van der Waals surface area contributed by atoms with Crippen LogP contribution < -0.4 is 10.6 Å². The Hall–Kier alpha value is -1.26. The summed E-state index contributed by atoms with van der Waals surface area (Å²) in [6, 6.07) is 10.5. The van der Waals surface area contributed by atoms with Gasteiger partial charge in [0.15, 0.2) is 0 Å². The molecule has 1 atom stereocenters. The second-order valence-electron chi connectivity index (χ2n) is 4.71. The lowest BCUT2D eigenvalue weighted by molar-refractivity contribution is 0.165. The molecule has 0 bridgehead atoms. The van der Waals surface area contributed by atoms with Gasteiger partial charge in [0.2, 0.25) is 0 Å². The van der Waals surface area contributed by atoms with Gasteiger partial charge in [0, 0.05) is 32.2 Å². The summed E-state index contributed by atoms with van der Waals surface area (Å²) in [7, 11) is 0. The maximum Gasteiger partial charge on any atom is 0.317 e. The zero-order valence-electron chi connectivity index (χ0n) is 11.3. The van der Waals surface area contributed by atoms with Gasteiger partial charge in [0.05, 0.1) is 0 Å². The summed E-state index contributed by atoms with van der Waals surface area (Å²) < 4.78 is 0. The van der Waals surface area contributed by atoms with Crippen molar-refractivity contribution in [2.75, 3.05) is 26.2 Å². The zero-order chi connectivity index (χ0) is 12.8. The van der Waals surface area contributed by atoms with E-state index in [4.69, 9.17) is 0 Å². The third kappa shape index (κ3) is 4.73. The Balaban J connectivity index is 0.00000180. The Labute approximate surface area is 121 Å². The van der Waals surface area contributed by atoms with Crippen LogP contribution in [-0.4, -0.2) is 43.2 Å². The highest BCUT2D eigenvalue weighted by Crippen LogP contribution is 2.03. The van der Waals surface area contributed by atoms with E-state index in [1.165, 1.54) is 5.56 Å². The smallest absolute Gasteiger partial charge is 0.317 e. The molecule has 1 aliphatic heterocycles. The fraction of sp³-hybridized carbons (Fsp3) is 0.500. The van der Waals surface area contributed by atoms with Crippen LogP contribution in [0.1, 0.15) is 12.5 Å². The number of rotatable bonds is 3. The number of amides is 2. The van der Waals surface area contributed by atoms with Crippen LogP contribution in [0.25, 0.3) is 0 Å². The number of carbonyl (C=O) groups is 1. The maximum absolute atomic E-state index is 12.0. The summed E-state index contributed by atoms with van der Waals surface area (Å²) >= 11 is 0. The molecular formula is C14H22ClN3O. The number of urea groups is 1. The van der Waals surface area contributed by atoms with Crippen molar-refractivity contribution < 1.29 is 4.79 Å². The molecular weight excluding hydrogens is 262 g/mol. The van der Waals surface area contributed by atoms with Crippen LogP contribution in [0.3, 0.4) is 0 Å². The summed E-state index contributed by atoms with van der Waals surface area (Å²) in [6.07, 6.45) is 0.882. The van der Waals surface area contributed by atoms with Crippen LogP contribution >= 0.6 is 12.4 Å². The molecule has 1 saturated heterocycles. The fourth-order valence-corrected chi connectivity index (χ4v) is 2.20. The van der Waals surface area contributed by atoms with E-state index in [1.807, 2.05) is 23.1 Å². The molecule has 1 fully saturated rings. The highest BCUT2D eigenvalue weighted by Gasteiger charge is 2.22. The molecule has 1 aromatic rings. The predicted octanol–water partition coefficient (Wildman–Crippen LogP) is 1.65. The molecule has 5 heteroatoms. The lowest BCUT2D eigenvalue weighted by Crippen LogP contribution is -2.55. The summed E-state index contributed by atoms with van der Waals surface area (Å²) in [4.78, 5) is 13.9. The Morgan fingerprint density at radius 2 is 2.16 bits per heavy atom. The van der Waals surface area contributed by atoms with E-state index in [0.717, 1.165) is 26.1 Å². The van der Waals surface area contributed by atoms with Gasteiger partial charge in [0.1, 0.15) is 0 Å². The molecule has 4 nitrogen and oxygen atoms in total. The highest BCUT2D eigenvalue weighted by atomic mass is 35.5. The van der Waals surface area contributed by atoms with Crippen LogP contribution in [0, 0.1) is 0 Å². The zero-order valence-corrected chi connectivity index (χ0v) is 12.1. The number of nitrogens with zero attached hydrogens (tertiary/aromatic N) is 1. The molecule has 1 heterocycles. The SMILES string of the molecule is C[C@H]1CNCCN1C(=O)NCCc1ccccc1.Cl. The molecule has 1 aliphatic rings. The second-order valence-corrected chi connectivity index (χ2v) is 4.71. The topological polar surface area (TPSA) is 44.4 Å². The summed E-state index contributed by atoms with van der Waals surface area (Å²) in [5.74, 6) is 0. The summed E-state index contributed by atoms with van der Waals surface area (Å²) in [6.45, 7) is 5.32. The standard InChI is InChI=1S/C14H21N3O.ClH/c1-12-11-15-9-10-17(12)14(18)16-8-7-13-5-3-2-4-6-13;/h2-6,12,15H,7-11H2,1H3,(H,16,18);1H/t12-;/m0./s1. The Morgan fingerprint density at radius 3 is 2.84 bits per heavy atom. The van der Waals surface area contributed by atoms with Gasteiger partial charge in [-0.05, 0) is 18.9 Å². The normalized spacial score (nSPS) is 18.6. The number of benzene rings is 1. The molecule has 0 saturated carbocycles. The molecule has 106 valence electrons. The Kier molecular flexibility index (Phi) is 6.67. The van der Waals surface area contributed by atoms with Gasteiger partial charge in [-0.25, -0.2) is 4.79 Å². The minimum absolute atomic E-state index is 0. The number of halogens is 1. The van der Waals surface area contributed by atoms with Crippen molar-refractivity contribution in [1.82, 2.24) is 15.5 Å². The number of piperazine rings is 1. The minimum Gasteiger partial charge on any atom is -0.338 e. The van der Waals surface area contributed by atoms with Crippen LogP contribution in [-0.2, 0) is 6.42 Å². The average molecular weight is 284 g/mol. The quantitative estimate of drug-likeness (QED) is 0.886. The van der Waals surface area contributed by atoms with Crippen molar-refractivity contribution in [1.29, 1.82) is 0 Å². The van der Waals surface area contributed by atoms with Crippen LogP contribution in [0.15, 0.2) is 30.3 Å². The van der Waals surface area contributed by atoms with Crippen LogP contribution in [0.4, 0.5) is 4.79 Å². The van der Waals surface area contributed by atoms with Crippen molar-refractivity contribution in [3.63, 3.8) is 0 Å². The minimum atomic E-state index is 0. The lowest BCUT2D eigenvalue weighted by atomic mass is 10.1. The van der Waals surface area contributed by atoms with E-state index in [-0.39, 0.29) is 24.5 Å². The first-order valence-electron chi connectivity index (χ1n) is 6.56. The molecule has 1 aromatic carbocycles. The third-order valence-corrected chi connectivity index (χ3v) is 3.29. The second kappa shape index (κ2) is 8.02. The number of nitrogens with one attached hydrogen (secondary N) is 2. The van der Waals surface area contributed by atoms with E-state index >= 15 is 0 Å². The molecule has 0 unspecified atom stereocenters. The molecule has 0 radical (unpaired) electrons. The van der Waals surface area contributed by atoms with Gasteiger partial charge in [0.25, 0.3) is 0 Å². The summed E-state index contributed by atoms with van der Waals surface area (Å²) in [5.41, 5.74) is 1.26. The first kappa shape index (κ1) is 15.8. The van der Waals surface area contributed by atoms with Gasteiger partial charge in [-0.15, -0.1) is 12.4 Å². The van der Waals surface area contributed by atoms with Gasteiger partial charge in [-0.1, -0.05) is 30.3 Å². The van der Waals surface area contributed by atoms with E-state index in [1.54, 1.807) is 0 Å². The first-order chi connectivity index (χ1) is 8.77. The maximum atomic E-state index is 12.0. The third-order valence-electron chi connectivity index (χ3n) is 3.29. The van der Waals surface area contributed by atoms with E-state index in [9.17, 15) is 4.79 Å². The largest absolute Gasteiger partial charge is 0.338 e. The van der Waals surface area contributed by atoms with E-state index < -0.39 is 0 Å². The molecule has 2 N–H and O–H groups in total. The first-order valence-corrected chi connectivity index (χ1v) is 6.56. The van der Waals surface area contributed by atoms with Gasteiger partial charge < -0.3 is 15.5 Å². The van der Waals surface area contributed by atoms with Crippen molar-refractivity contribution in [3.8, 4) is 0 Å². The molecule has 2 amide bonds. The predicted molar refractivity (Wildman–Crippen MR) is 79.8 cm³/mol. The van der Waals surface area contributed by atoms with Crippen molar-refractivity contribution >= 4 is 18.4 Å². The van der Waals surface area contributed by atoms with Crippen molar-refractivity contribution in [2.24, 2.45) is 0 Å². The summed E-state index contributed by atoms with van der Waals surface area (Å²) in [5, 5.41) is 6.27. The fourth-order valence-electron chi connectivity index (χ4n) is 2.20. The van der Waals surface area contributed by atoms with Crippen LogP contribution in [0.5, 0.6) is 0 Å². The molecule has 2 rings (SSSR count). The molecule has 0 spiro atoms. The Bertz CT molecular complexity index is 386. The van der Waals surface area contributed by atoms with Gasteiger partial charge >= 0.3 is 6.03 Å². The number of hydrogen-bond donors (Lipinski definition) is 2. The monoisotopic (exact) mass is 283 g/mol. The van der Waals surface area contributed by atoms with Gasteiger partial charge in [-0.3, -0.25) is 0 Å². The van der Waals surface area contributed by atoms with E-state index in [2.05, 4.69) is 29.7 Å². The van der Waals surface area contributed by atoms with Crippen LogP contribution in [0.2, 0.25) is 0 Å². The van der Waals surface area contributed by atoms with Gasteiger partial charge in [-0.2, -0.15) is 0 Å². The average Bonchev–Trinajstić information content (AvgIpc) is 2.40. The molecule has 0 aromatic heterocycles. The molecule has 19 heavy (non-hydrogen) atoms. The number of hydrogen-bond acceptors (Lipinski definition) is 2. The van der Waals surface area contributed by atoms with Crippen molar-refractivity contribution in [3.05, 3.63) is 35.9 Å². The number of carbonyl (C=O) groups excluding carboxylic acids is 1. The Morgan fingerprint density at radius 1 is 1.42 bits per heavy atom. The molecule has 0 aliphatic carbocycles. The van der Waals surface area contributed by atoms with Crippen molar-refractivity contribution in [2.45, 2.75) is 19.4 Å². The van der Waals surface area contributed by atoms with E-state index in [0.29, 0.717) is 6.54 Å². The highest BCUT2D eigenvalue weighted by molar-refractivity contribution is 5.85.